The van der Waals surface area contributed by atoms with Gasteiger partial charge in [0.25, 0.3) is 0 Å². The van der Waals surface area contributed by atoms with E-state index >= 15 is 0 Å². The van der Waals surface area contributed by atoms with Crippen molar-refractivity contribution in [3.8, 4) is 28.9 Å². The molecule has 18 nitrogen and oxygen atoms in total. The largest absolute Gasteiger partial charge is 0.497 e. The Bertz CT molecular complexity index is 2280. The molecule has 0 aliphatic heterocycles. The number of nitrogens with zero attached hydrogens (tertiary/aromatic N) is 2. The summed E-state index contributed by atoms with van der Waals surface area (Å²) in [5, 5.41) is 10.8. The maximum Gasteiger partial charge on any atom is 0.323 e. The predicted molar refractivity (Wildman–Crippen MR) is 266 cm³/mol. The number of urea groups is 1. The first kappa shape index (κ1) is 53.3. The van der Waals surface area contributed by atoms with Gasteiger partial charge >= 0.3 is 6.03 Å². The molecule has 1 aromatic heterocycles. The number of ether oxygens (including phenoxy) is 11. The summed E-state index contributed by atoms with van der Waals surface area (Å²) < 4.78 is 64.8. The number of nitrogens with one attached hydrogen (secondary N) is 4. The molecule has 4 aromatic carbocycles. The third-order valence-corrected chi connectivity index (χ3v) is 10.2. The van der Waals surface area contributed by atoms with Crippen molar-refractivity contribution in [1.29, 1.82) is 0 Å². The number of benzene rings is 4. The molecule has 0 unspecified atom stereocenters. The van der Waals surface area contributed by atoms with Crippen LogP contribution in [0.4, 0.5) is 33.5 Å². The number of anilines is 5. The molecule has 68 heavy (non-hydrogen) atoms. The molecule has 2 amide bonds. The van der Waals surface area contributed by atoms with Crippen LogP contribution in [0.2, 0.25) is 0 Å². The third kappa shape index (κ3) is 18.1. The van der Waals surface area contributed by atoms with Crippen molar-refractivity contribution in [3.05, 3.63) is 84.6 Å². The van der Waals surface area contributed by atoms with Crippen molar-refractivity contribution in [2.75, 3.05) is 141 Å². The SMILES string of the molecule is COCCOCCOCCOCCOCCOCCOCCOc1cc(Nc2nccc(Oc3ccc(NC(=O)Nc4cc(C(C)(C)C)cc(NSC)c4OC)c4ccccc34)n2)cc(OC)c1. The smallest absolute Gasteiger partial charge is 0.323 e. The molecular formula is C49H66N6O12S. The molecule has 0 bridgehead atoms. The Morgan fingerprint density at radius 2 is 1.19 bits per heavy atom. The van der Waals surface area contributed by atoms with E-state index in [4.69, 9.17) is 52.1 Å². The van der Waals surface area contributed by atoms with Gasteiger partial charge < -0.3 is 72.8 Å². The number of methoxy groups -OCH3 is 3. The van der Waals surface area contributed by atoms with Gasteiger partial charge in [0.15, 0.2) is 5.75 Å². The van der Waals surface area contributed by atoms with Crippen LogP contribution in [0.25, 0.3) is 10.8 Å². The van der Waals surface area contributed by atoms with Gasteiger partial charge in [0.1, 0.15) is 23.9 Å². The third-order valence-electron chi connectivity index (χ3n) is 9.76. The fourth-order valence-electron chi connectivity index (χ4n) is 6.41. The fourth-order valence-corrected chi connectivity index (χ4v) is 6.79. The molecule has 1 heterocycles. The van der Waals surface area contributed by atoms with Crippen LogP contribution in [0.1, 0.15) is 26.3 Å². The number of carbonyl (C=O) groups excluding carboxylic acids is 1. The lowest BCUT2D eigenvalue weighted by atomic mass is 9.86. The van der Waals surface area contributed by atoms with Gasteiger partial charge in [0.2, 0.25) is 11.8 Å². The summed E-state index contributed by atoms with van der Waals surface area (Å²) >= 11 is 1.44. The lowest BCUT2D eigenvalue weighted by Gasteiger charge is -2.24. The highest BCUT2D eigenvalue weighted by Crippen LogP contribution is 2.40. The molecule has 19 heteroatoms. The Balaban J connectivity index is 1.05. The number of carbonyl (C=O) groups is 1. The second-order valence-electron chi connectivity index (χ2n) is 15.8. The molecule has 0 saturated heterocycles. The summed E-state index contributed by atoms with van der Waals surface area (Å²) in [5.41, 5.74) is 3.40. The molecule has 0 saturated carbocycles. The van der Waals surface area contributed by atoms with Gasteiger partial charge in [0.05, 0.1) is 117 Å². The van der Waals surface area contributed by atoms with Crippen LogP contribution in [-0.4, -0.2) is 136 Å². The minimum atomic E-state index is -0.428. The van der Waals surface area contributed by atoms with E-state index in [1.54, 1.807) is 57.9 Å². The Labute approximate surface area is 403 Å². The van der Waals surface area contributed by atoms with Crippen molar-refractivity contribution >= 4 is 57.4 Å². The van der Waals surface area contributed by atoms with Gasteiger partial charge in [-0.05, 0) is 35.2 Å². The average Bonchev–Trinajstić information content (AvgIpc) is 3.32. The maximum absolute atomic E-state index is 13.5. The Morgan fingerprint density at radius 3 is 1.78 bits per heavy atom. The van der Waals surface area contributed by atoms with E-state index in [-0.39, 0.29) is 5.41 Å². The average molecular weight is 963 g/mol. The molecule has 4 N–H and O–H groups in total. The highest BCUT2D eigenvalue weighted by atomic mass is 32.2. The number of hydrogen-bond donors (Lipinski definition) is 4. The van der Waals surface area contributed by atoms with Crippen molar-refractivity contribution < 1.29 is 56.9 Å². The Morgan fingerprint density at radius 1 is 0.618 bits per heavy atom. The van der Waals surface area contributed by atoms with E-state index in [1.807, 2.05) is 48.7 Å². The van der Waals surface area contributed by atoms with E-state index < -0.39 is 6.03 Å². The molecule has 5 aromatic rings. The van der Waals surface area contributed by atoms with E-state index in [1.165, 1.54) is 11.9 Å². The Kier molecular flexibility index (Phi) is 23.0. The van der Waals surface area contributed by atoms with E-state index in [2.05, 4.69) is 51.4 Å². The van der Waals surface area contributed by atoms with Gasteiger partial charge in [-0.3, -0.25) is 0 Å². The van der Waals surface area contributed by atoms with Crippen molar-refractivity contribution in [2.45, 2.75) is 26.2 Å². The van der Waals surface area contributed by atoms with Crippen LogP contribution >= 0.6 is 11.9 Å². The second-order valence-corrected chi connectivity index (χ2v) is 16.4. The maximum atomic E-state index is 13.5. The minimum absolute atomic E-state index is 0.170. The van der Waals surface area contributed by atoms with Gasteiger partial charge in [-0.15, -0.1) is 0 Å². The quantitative estimate of drug-likeness (QED) is 0.0236. The molecule has 5 rings (SSSR count). The predicted octanol–water partition coefficient (Wildman–Crippen LogP) is 8.94. The molecule has 370 valence electrons. The zero-order chi connectivity index (χ0) is 48.4. The summed E-state index contributed by atoms with van der Waals surface area (Å²) in [5.74, 6) is 2.81. The molecule has 0 aliphatic rings. The van der Waals surface area contributed by atoms with E-state index in [0.29, 0.717) is 144 Å². The number of rotatable bonds is 32. The molecule has 0 radical (unpaired) electrons. The van der Waals surface area contributed by atoms with Gasteiger partial charge in [-0.25, -0.2) is 9.78 Å². The lowest BCUT2D eigenvalue weighted by molar-refractivity contribution is -0.0199. The van der Waals surface area contributed by atoms with Crippen molar-refractivity contribution in [3.63, 3.8) is 0 Å². The summed E-state index contributed by atoms with van der Waals surface area (Å²) in [6.07, 6.45) is 3.53. The lowest BCUT2D eigenvalue weighted by Crippen LogP contribution is -2.21. The first-order chi connectivity index (χ1) is 33.1. The fraction of sp³-hybridized carbons (Fsp3) is 0.449. The molecule has 0 spiro atoms. The van der Waals surface area contributed by atoms with Crippen LogP contribution in [0.15, 0.2) is 79.0 Å². The zero-order valence-electron chi connectivity index (χ0n) is 40.1. The van der Waals surface area contributed by atoms with Crippen LogP contribution in [0.3, 0.4) is 0 Å². The summed E-state index contributed by atoms with van der Waals surface area (Å²) in [4.78, 5) is 22.6. The highest BCUT2D eigenvalue weighted by Gasteiger charge is 2.21. The van der Waals surface area contributed by atoms with Crippen molar-refractivity contribution in [2.24, 2.45) is 0 Å². The number of amides is 2. The Hall–Kier alpha value is -5.64. The normalized spacial score (nSPS) is 11.3. The standard InChI is InChI=1S/C49H66N6O12S/c1-49(2,3)35-30-42(46(59-6)43(31-35)55-68-7)53-48(56)52-41-12-13-44(40-11-9-8-10-39(40)41)67-45-14-15-50-47(54-45)51-36-32-37(58-5)34-38(33-36)66-29-28-65-27-26-64-25-24-63-23-22-62-21-20-61-19-18-60-17-16-57-4/h8-15,30-34,55H,16-29H2,1-7H3,(H,50,51,54)(H2,52,53,56). The van der Waals surface area contributed by atoms with Gasteiger partial charge in [0, 0.05) is 60.3 Å². The number of aromatic nitrogens is 2. The zero-order valence-corrected chi connectivity index (χ0v) is 40.9. The van der Waals surface area contributed by atoms with Crippen LogP contribution in [0.5, 0.6) is 28.9 Å². The minimum Gasteiger partial charge on any atom is -0.497 e. The summed E-state index contributed by atoms with van der Waals surface area (Å²) in [6, 6.07) is 21.8. The van der Waals surface area contributed by atoms with Gasteiger partial charge in [-0.1, -0.05) is 57.0 Å². The van der Waals surface area contributed by atoms with E-state index in [0.717, 1.165) is 22.0 Å². The first-order valence-electron chi connectivity index (χ1n) is 22.3. The topological polar surface area (TPSA) is 193 Å². The van der Waals surface area contributed by atoms with Crippen LogP contribution in [0, 0.1) is 0 Å². The molecular weight excluding hydrogens is 897 g/mol. The summed E-state index contributed by atoms with van der Waals surface area (Å²) in [7, 11) is 4.80. The van der Waals surface area contributed by atoms with E-state index in [9.17, 15) is 4.79 Å². The number of hydrogen-bond acceptors (Lipinski definition) is 17. The molecule has 0 atom stereocenters. The van der Waals surface area contributed by atoms with Crippen LogP contribution < -0.4 is 39.6 Å². The first-order valence-corrected chi connectivity index (χ1v) is 23.5. The monoisotopic (exact) mass is 962 g/mol. The second kappa shape index (κ2) is 29.3. The number of fused-ring (bicyclic) bond motifs is 1. The highest BCUT2D eigenvalue weighted by molar-refractivity contribution is 7.99. The van der Waals surface area contributed by atoms with Gasteiger partial charge in [-0.2, -0.15) is 4.98 Å². The molecule has 0 fully saturated rings. The van der Waals surface area contributed by atoms with Crippen LogP contribution in [-0.2, 0) is 38.6 Å². The summed E-state index contributed by atoms with van der Waals surface area (Å²) in [6.45, 7) is 13.0. The van der Waals surface area contributed by atoms with Crippen molar-refractivity contribution in [1.82, 2.24) is 9.97 Å². The molecule has 0 aliphatic carbocycles.